The maximum Gasteiger partial charge on any atom is 0.307 e. The highest BCUT2D eigenvalue weighted by molar-refractivity contribution is 5.97. The first-order valence-corrected chi connectivity index (χ1v) is 15.5. The maximum absolute atomic E-state index is 13.7. The van der Waals surface area contributed by atoms with E-state index in [-0.39, 0.29) is 18.1 Å². The van der Waals surface area contributed by atoms with Crippen molar-refractivity contribution in [1.82, 2.24) is 19.8 Å². The molecule has 0 bridgehead atoms. The lowest BCUT2D eigenvalue weighted by molar-refractivity contribution is -0.136. The number of aromatic nitrogens is 2. The lowest BCUT2D eigenvalue weighted by atomic mass is 9.94. The fourth-order valence-electron chi connectivity index (χ4n) is 6.23. The Bertz CT molecular complexity index is 1680. The zero-order valence-corrected chi connectivity index (χ0v) is 24.8. The molecule has 0 atom stereocenters. The zero-order valence-electron chi connectivity index (χ0n) is 24.8. The van der Waals surface area contributed by atoms with Crippen molar-refractivity contribution in [3.63, 3.8) is 0 Å². The number of allylic oxidation sites excluding steroid dienone is 6. The van der Waals surface area contributed by atoms with E-state index in [1.165, 1.54) is 17.8 Å². The van der Waals surface area contributed by atoms with Gasteiger partial charge in [0.25, 0.3) is 5.91 Å². The van der Waals surface area contributed by atoms with Crippen LogP contribution >= 0.6 is 0 Å². The molecule has 1 fully saturated rings. The summed E-state index contributed by atoms with van der Waals surface area (Å²) in [6.45, 7) is 2.95. The van der Waals surface area contributed by atoms with Crippen molar-refractivity contribution < 1.29 is 19.1 Å². The highest BCUT2D eigenvalue weighted by Gasteiger charge is 2.24. The van der Waals surface area contributed by atoms with Gasteiger partial charge in [-0.25, -0.2) is 14.4 Å². The van der Waals surface area contributed by atoms with Crippen LogP contribution in [0.1, 0.15) is 61.0 Å². The zero-order chi connectivity index (χ0) is 30.5. The van der Waals surface area contributed by atoms with Gasteiger partial charge in [0, 0.05) is 43.0 Å². The van der Waals surface area contributed by atoms with Gasteiger partial charge >= 0.3 is 5.97 Å². The summed E-state index contributed by atoms with van der Waals surface area (Å²) >= 11 is 0. The van der Waals surface area contributed by atoms with Crippen LogP contribution in [0.5, 0.6) is 0 Å². The highest BCUT2D eigenvalue weighted by Crippen LogP contribution is 2.28. The molecule has 44 heavy (non-hydrogen) atoms. The van der Waals surface area contributed by atoms with Crippen LogP contribution < -0.4 is 0 Å². The van der Waals surface area contributed by atoms with Crippen LogP contribution in [-0.4, -0.2) is 62.9 Å². The van der Waals surface area contributed by atoms with E-state index in [2.05, 4.69) is 29.2 Å². The molecule has 6 rings (SSSR count). The third kappa shape index (κ3) is 6.96. The number of nitrogens with zero attached hydrogens (tertiary/aromatic N) is 4. The van der Waals surface area contributed by atoms with Gasteiger partial charge in [-0.3, -0.25) is 9.59 Å². The summed E-state index contributed by atoms with van der Waals surface area (Å²) in [6.07, 6.45) is 17.0. The monoisotopic (exact) mass is 592 g/mol. The van der Waals surface area contributed by atoms with E-state index in [4.69, 9.17) is 9.97 Å². The van der Waals surface area contributed by atoms with Crippen LogP contribution in [-0.2, 0) is 11.2 Å². The highest BCUT2D eigenvalue weighted by atomic mass is 19.1. The molecule has 1 aromatic heterocycles. The Balaban J connectivity index is 1.21. The van der Waals surface area contributed by atoms with E-state index < -0.39 is 5.97 Å². The minimum absolute atomic E-state index is 0.00105. The second-order valence-corrected chi connectivity index (χ2v) is 11.7. The van der Waals surface area contributed by atoms with Crippen LogP contribution in [0, 0.1) is 5.82 Å². The lowest BCUT2D eigenvalue weighted by Crippen LogP contribution is -2.48. The normalized spacial score (nSPS) is 16.9. The van der Waals surface area contributed by atoms with Gasteiger partial charge in [0.05, 0.1) is 28.8 Å². The van der Waals surface area contributed by atoms with Crippen molar-refractivity contribution in [1.29, 1.82) is 0 Å². The molecule has 0 spiro atoms. The predicted octanol–water partition coefficient (Wildman–Crippen LogP) is 6.87. The second kappa shape index (κ2) is 13.4. The van der Waals surface area contributed by atoms with Crippen molar-refractivity contribution >= 4 is 22.9 Å². The van der Waals surface area contributed by atoms with Gasteiger partial charge in [-0.15, -0.1) is 0 Å². The van der Waals surface area contributed by atoms with E-state index in [0.29, 0.717) is 41.8 Å². The summed E-state index contributed by atoms with van der Waals surface area (Å²) < 4.78 is 13.7. The van der Waals surface area contributed by atoms with Crippen LogP contribution in [0.2, 0.25) is 0 Å². The standard InChI is InChI=1S/C36H37FN4O3/c37-29-15-12-27(13-16-29)35-32(11-5-7-25-6-4-8-26(22-25)23-34(42)43)38-33-24-28(14-17-31(33)39-35)36(44)41-20-18-40(19-21-41)30-9-2-1-3-10-30/h2,6,9-10,12-17,22,24H,1,3-5,7-8,11,18-21,23H2,(H,42,43). The molecule has 1 aliphatic heterocycles. The third-order valence-electron chi connectivity index (χ3n) is 8.53. The molecule has 1 N–H and O–H groups in total. The van der Waals surface area contributed by atoms with E-state index in [1.54, 1.807) is 12.1 Å². The number of aryl methyl sites for hydroxylation is 1. The predicted molar refractivity (Wildman–Crippen MR) is 169 cm³/mol. The first kappa shape index (κ1) is 29.5. The number of carbonyl (C=O) groups is 2. The first-order valence-electron chi connectivity index (χ1n) is 15.5. The summed E-state index contributed by atoms with van der Waals surface area (Å²) in [7, 11) is 0. The second-order valence-electron chi connectivity index (χ2n) is 11.7. The molecular weight excluding hydrogens is 555 g/mol. The van der Waals surface area contributed by atoms with Gasteiger partial charge in [-0.1, -0.05) is 35.5 Å². The van der Waals surface area contributed by atoms with Crippen molar-refractivity contribution in [2.24, 2.45) is 0 Å². The smallest absolute Gasteiger partial charge is 0.307 e. The van der Waals surface area contributed by atoms with Gasteiger partial charge in [0.1, 0.15) is 5.82 Å². The van der Waals surface area contributed by atoms with Gasteiger partial charge in [0.15, 0.2) is 0 Å². The Hall–Kier alpha value is -4.59. The largest absolute Gasteiger partial charge is 0.481 e. The number of carboxylic acid groups (broad SMARTS) is 1. The number of hydrogen-bond donors (Lipinski definition) is 1. The molecule has 2 heterocycles. The molecular formula is C36H37FN4O3. The Morgan fingerprint density at radius 3 is 2.45 bits per heavy atom. The molecule has 2 aromatic carbocycles. The maximum atomic E-state index is 13.7. The van der Waals surface area contributed by atoms with Gasteiger partial charge < -0.3 is 14.9 Å². The minimum atomic E-state index is -0.803. The number of benzene rings is 2. The molecule has 3 aromatic rings. The topological polar surface area (TPSA) is 86.6 Å². The van der Waals surface area contributed by atoms with E-state index >= 15 is 0 Å². The molecule has 2 aliphatic carbocycles. The van der Waals surface area contributed by atoms with Gasteiger partial charge in [0.2, 0.25) is 0 Å². The number of amides is 1. The summed E-state index contributed by atoms with van der Waals surface area (Å²) in [6, 6.07) is 11.8. The quantitative estimate of drug-likeness (QED) is 0.292. The Kier molecular flexibility index (Phi) is 8.96. The van der Waals surface area contributed by atoms with Gasteiger partial charge in [-0.05, 0) is 93.5 Å². The molecule has 1 amide bonds. The van der Waals surface area contributed by atoms with E-state index in [9.17, 15) is 19.1 Å². The number of rotatable bonds is 9. The summed E-state index contributed by atoms with van der Waals surface area (Å²) in [5, 5.41) is 9.18. The fraction of sp³-hybridized carbons (Fsp3) is 0.333. The number of fused-ring (bicyclic) bond motifs is 1. The molecule has 3 aliphatic rings. The molecule has 0 unspecified atom stereocenters. The average Bonchev–Trinajstić information content (AvgIpc) is 3.05. The number of carbonyl (C=O) groups excluding carboxylic acids is 1. The average molecular weight is 593 g/mol. The van der Waals surface area contributed by atoms with Gasteiger partial charge in [-0.2, -0.15) is 0 Å². The SMILES string of the molecule is O=C(O)CC1=CC(CCCc2nc3cc(C(=O)N4CCN(C5=CCCC=C5)CC4)ccc3nc2-c2ccc(F)cc2)=CCC1. The number of hydrogen-bond acceptors (Lipinski definition) is 5. The Labute approximate surface area is 257 Å². The molecule has 0 radical (unpaired) electrons. The number of carboxylic acids is 1. The first-order chi connectivity index (χ1) is 21.4. The fourth-order valence-corrected chi connectivity index (χ4v) is 6.23. The van der Waals surface area contributed by atoms with Crippen LogP contribution in [0.25, 0.3) is 22.3 Å². The summed E-state index contributed by atoms with van der Waals surface area (Å²) in [5.74, 6) is -1.12. The molecule has 1 saturated heterocycles. The van der Waals surface area contributed by atoms with Crippen LogP contribution in [0.15, 0.2) is 89.7 Å². The Morgan fingerprint density at radius 2 is 1.70 bits per heavy atom. The third-order valence-corrected chi connectivity index (χ3v) is 8.53. The minimum Gasteiger partial charge on any atom is -0.481 e. The van der Waals surface area contributed by atoms with Crippen molar-refractivity contribution in [3.05, 3.63) is 107 Å². The number of halogens is 1. The van der Waals surface area contributed by atoms with E-state index in [1.807, 2.05) is 29.2 Å². The van der Waals surface area contributed by atoms with Crippen LogP contribution in [0.4, 0.5) is 4.39 Å². The number of aliphatic carboxylic acids is 1. The molecule has 8 heteroatoms. The van der Waals surface area contributed by atoms with Crippen molar-refractivity contribution in [2.75, 3.05) is 26.2 Å². The summed E-state index contributed by atoms with van der Waals surface area (Å²) in [4.78, 5) is 38.9. The molecule has 0 saturated carbocycles. The van der Waals surface area contributed by atoms with Crippen molar-refractivity contribution in [3.8, 4) is 11.3 Å². The number of piperazine rings is 1. The van der Waals surface area contributed by atoms with E-state index in [0.717, 1.165) is 74.0 Å². The Morgan fingerprint density at radius 1 is 0.886 bits per heavy atom. The van der Waals surface area contributed by atoms with Crippen molar-refractivity contribution in [2.45, 2.75) is 51.4 Å². The van der Waals surface area contributed by atoms with Crippen LogP contribution in [0.3, 0.4) is 0 Å². The molecule has 226 valence electrons. The summed E-state index contributed by atoms with van der Waals surface area (Å²) in [5.41, 5.74) is 7.58. The molecule has 7 nitrogen and oxygen atoms in total. The lowest BCUT2D eigenvalue weighted by Gasteiger charge is -2.37.